The number of rotatable bonds is 4. The predicted molar refractivity (Wildman–Crippen MR) is 69.7 cm³/mol. The number of benzene rings is 1. The molecular weight excluding hydrogens is 273 g/mol. The zero-order valence-corrected chi connectivity index (χ0v) is 10.9. The minimum absolute atomic E-state index is 0.263. The van der Waals surface area contributed by atoms with E-state index < -0.39 is 5.91 Å². The van der Waals surface area contributed by atoms with E-state index in [-0.39, 0.29) is 5.82 Å². The van der Waals surface area contributed by atoms with Gasteiger partial charge >= 0.3 is 0 Å². The minimum Gasteiger partial charge on any atom is -0.288 e. The van der Waals surface area contributed by atoms with Crippen molar-refractivity contribution in [3.63, 3.8) is 0 Å². The van der Waals surface area contributed by atoms with Crippen LogP contribution in [-0.4, -0.2) is 10.9 Å². The van der Waals surface area contributed by atoms with Crippen LogP contribution in [0.2, 0.25) is 0 Å². The lowest BCUT2D eigenvalue weighted by Crippen LogP contribution is -2.29. The summed E-state index contributed by atoms with van der Waals surface area (Å²) in [6, 6.07) is 6.35. The Kier molecular flexibility index (Phi) is 4.29. The number of hydrazine groups is 1. The standard InChI is InChI=1S/C11H10FN3OS2/c12-7-2-1-3-9(4-7)17-5-8-6-18-11(14-8)10(16)15-13/h1-4,6H,5,13H2,(H,15,16). The maximum Gasteiger partial charge on any atom is 0.294 e. The Bertz CT molecular complexity index is 559. The number of nitrogen functional groups attached to an aromatic ring is 1. The van der Waals surface area contributed by atoms with Gasteiger partial charge in [-0.05, 0) is 18.2 Å². The first-order valence-electron chi connectivity index (χ1n) is 5.03. The van der Waals surface area contributed by atoms with E-state index in [4.69, 9.17) is 5.84 Å². The molecule has 0 aliphatic rings. The lowest BCUT2D eigenvalue weighted by molar-refractivity contribution is 0.0953. The summed E-state index contributed by atoms with van der Waals surface area (Å²) in [5.41, 5.74) is 2.80. The van der Waals surface area contributed by atoms with Gasteiger partial charge in [0.2, 0.25) is 0 Å². The Labute approximate surface area is 111 Å². The van der Waals surface area contributed by atoms with Crippen molar-refractivity contribution in [1.29, 1.82) is 0 Å². The summed E-state index contributed by atoms with van der Waals surface area (Å²) in [5.74, 6) is 4.93. The van der Waals surface area contributed by atoms with Crippen LogP contribution in [0, 0.1) is 5.82 Å². The van der Waals surface area contributed by atoms with Crippen molar-refractivity contribution in [3.05, 3.63) is 46.2 Å². The van der Waals surface area contributed by atoms with Gasteiger partial charge in [0.1, 0.15) is 5.82 Å². The third-order valence-electron chi connectivity index (χ3n) is 2.06. The van der Waals surface area contributed by atoms with Gasteiger partial charge in [-0.3, -0.25) is 10.2 Å². The first-order chi connectivity index (χ1) is 8.69. The molecule has 0 saturated heterocycles. The number of halogens is 1. The van der Waals surface area contributed by atoms with Crippen LogP contribution in [0.1, 0.15) is 15.5 Å². The molecule has 4 nitrogen and oxygen atoms in total. The molecular formula is C11H10FN3OS2. The van der Waals surface area contributed by atoms with Gasteiger partial charge in [0, 0.05) is 16.0 Å². The van der Waals surface area contributed by atoms with Crippen molar-refractivity contribution in [2.75, 3.05) is 0 Å². The second kappa shape index (κ2) is 5.94. The Morgan fingerprint density at radius 3 is 3.11 bits per heavy atom. The van der Waals surface area contributed by atoms with E-state index in [1.165, 1.54) is 35.2 Å². The number of nitrogens with two attached hydrogens (primary N) is 1. The summed E-state index contributed by atoms with van der Waals surface area (Å²) < 4.78 is 13.0. The third kappa shape index (κ3) is 3.28. The monoisotopic (exact) mass is 283 g/mol. The first kappa shape index (κ1) is 13.0. The van der Waals surface area contributed by atoms with Crippen LogP contribution in [0.3, 0.4) is 0 Å². The van der Waals surface area contributed by atoms with Crippen LogP contribution in [0.5, 0.6) is 0 Å². The second-order valence-electron chi connectivity index (χ2n) is 3.36. The molecule has 3 N–H and O–H groups in total. The Morgan fingerprint density at radius 1 is 1.56 bits per heavy atom. The van der Waals surface area contributed by atoms with Crippen LogP contribution >= 0.6 is 23.1 Å². The van der Waals surface area contributed by atoms with Crippen molar-refractivity contribution in [1.82, 2.24) is 10.4 Å². The smallest absolute Gasteiger partial charge is 0.288 e. The summed E-state index contributed by atoms with van der Waals surface area (Å²) in [5, 5.41) is 2.11. The Hall–Kier alpha value is -1.44. The highest BCUT2D eigenvalue weighted by molar-refractivity contribution is 7.98. The number of hydrogen-bond acceptors (Lipinski definition) is 5. The molecule has 0 spiro atoms. The average molecular weight is 283 g/mol. The van der Waals surface area contributed by atoms with Crippen LogP contribution in [-0.2, 0) is 5.75 Å². The first-order valence-corrected chi connectivity index (χ1v) is 6.89. The fourth-order valence-corrected chi connectivity index (χ4v) is 2.91. The van der Waals surface area contributed by atoms with Gasteiger partial charge in [-0.1, -0.05) is 6.07 Å². The molecule has 18 heavy (non-hydrogen) atoms. The molecule has 2 rings (SSSR count). The van der Waals surface area contributed by atoms with E-state index in [0.717, 1.165) is 10.6 Å². The normalized spacial score (nSPS) is 10.3. The summed E-state index contributed by atoms with van der Waals surface area (Å²) in [6.07, 6.45) is 0. The van der Waals surface area contributed by atoms with Crippen LogP contribution in [0.25, 0.3) is 0 Å². The van der Waals surface area contributed by atoms with Crippen molar-refractivity contribution in [2.24, 2.45) is 5.84 Å². The third-order valence-corrected chi connectivity index (χ3v) is 3.98. The van der Waals surface area contributed by atoms with Crippen LogP contribution in [0.4, 0.5) is 4.39 Å². The topological polar surface area (TPSA) is 68.0 Å². The van der Waals surface area contributed by atoms with Gasteiger partial charge in [0.05, 0.1) is 5.69 Å². The fourth-order valence-electron chi connectivity index (χ4n) is 1.25. The van der Waals surface area contributed by atoms with Crippen LogP contribution < -0.4 is 11.3 Å². The van der Waals surface area contributed by atoms with Gasteiger partial charge in [-0.25, -0.2) is 15.2 Å². The molecule has 94 valence electrons. The summed E-state index contributed by atoms with van der Waals surface area (Å²) in [6.45, 7) is 0. The van der Waals surface area contributed by atoms with Crippen molar-refractivity contribution >= 4 is 29.0 Å². The number of aromatic nitrogens is 1. The quantitative estimate of drug-likeness (QED) is 0.390. The maximum absolute atomic E-state index is 13.0. The number of nitrogens with one attached hydrogen (secondary N) is 1. The molecule has 1 heterocycles. The fraction of sp³-hybridized carbons (Fsp3) is 0.0909. The highest BCUT2D eigenvalue weighted by Gasteiger charge is 2.09. The highest BCUT2D eigenvalue weighted by atomic mass is 32.2. The van der Waals surface area contributed by atoms with E-state index in [1.807, 2.05) is 11.5 Å². The lowest BCUT2D eigenvalue weighted by atomic mass is 10.4. The maximum atomic E-state index is 13.0. The molecule has 0 radical (unpaired) electrons. The van der Waals surface area contributed by atoms with Gasteiger partial charge < -0.3 is 0 Å². The molecule has 2 aromatic rings. The van der Waals surface area contributed by atoms with Crippen molar-refractivity contribution < 1.29 is 9.18 Å². The summed E-state index contributed by atoms with van der Waals surface area (Å²) in [4.78, 5) is 16.2. The summed E-state index contributed by atoms with van der Waals surface area (Å²) in [7, 11) is 0. The van der Waals surface area contributed by atoms with Crippen molar-refractivity contribution in [3.8, 4) is 0 Å². The van der Waals surface area contributed by atoms with Crippen LogP contribution in [0.15, 0.2) is 34.5 Å². The largest absolute Gasteiger partial charge is 0.294 e. The number of thioether (sulfide) groups is 1. The molecule has 1 aromatic carbocycles. The van der Waals surface area contributed by atoms with Gasteiger partial charge in [0.15, 0.2) is 5.01 Å². The van der Waals surface area contributed by atoms with Gasteiger partial charge in [-0.15, -0.1) is 23.1 Å². The van der Waals surface area contributed by atoms with E-state index in [2.05, 4.69) is 4.98 Å². The van der Waals surface area contributed by atoms with E-state index >= 15 is 0 Å². The number of hydrogen-bond donors (Lipinski definition) is 2. The molecule has 1 amide bonds. The molecule has 7 heteroatoms. The number of nitrogens with zero attached hydrogens (tertiary/aromatic N) is 1. The number of amides is 1. The zero-order chi connectivity index (χ0) is 13.0. The van der Waals surface area contributed by atoms with E-state index in [9.17, 15) is 9.18 Å². The van der Waals surface area contributed by atoms with Gasteiger partial charge in [0.25, 0.3) is 5.91 Å². The highest BCUT2D eigenvalue weighted by Crippen LogP contribution is 2.24. The average Bonchev–Trinajstić information content (AvgIpc) is 2.84. The number of carbonyl (C=O) groups excluding carboxylic acids is 1. The molecule has 0 aliphatic heterocycles. The van der Waals surface area contributed by atoms with Crippen molar-refractivity contribution in [2.45, 2.75) is 10.6 Å². The van der Waals surface area contributed by atoms with Gasteiger partial charge in [-0.2, -0.15) is 0 Å². The molecule has 0 bridgehead atoms. The molecule has 0 atom stereocenters. The molecule has 1 aromatic heterocycles. The zero-order valence-electron chi connectivity index (χ0n) is 9.22. The Morgan fingerprint density at radius 2 is 2.39 bits per heavy atom. The number of thiazole rings is 1. The molecule has 0 aliphatic carbocycles. The molecule has 0 fully saturated rings. The minimum atomic E-state index is -0.401. The summed E-state index contributed by atoms with van der Waals surface area (Å²) >= 11 is 2.69. The van der Waals surface area contributed by atoms with E-state index in [1.54, 1.807) is 11.4 Å². The SMILES string of the molecule is NNC(=O)c1nc(CSc2cccc(F)c2)cs1. The lowest BCUT2D eigenvalue weighted by Gasteiger charge is -1.99. The Balaban J connectivity index is 1.98. The predicted octanol–water partition coefficient (Wildman–Crippen LogP) is 2.18. The number of carbonyl (C=O) groups is 1. The molecule has 0 unspecified atom stereocenters. The molecule has 0 saturated carbocycles. The second-order valence-corrected chi connectivity index (χ2v) is 5.27. The van der Waals surface area contributed by atoms with E-state index in [0.29, 0.717) is 10.8 Å².